The fourth-order valence-corrected chi connectivity index (χ4v) is 2.10. The largest absolute Gasteiger partial charge is 0.337 e. The summed E-state index contributed by atoms with van der Waals surface area (Å²) in [6.45, 7) is 0. The van der Waals surface area contributed by atoms with Crippen LogP contribution in [0.2, 0.25) is 5.02 Å². The first-order valence-corrected chi connectivity index (χ1v) is 6.62. The summed E-state index contributed by atoms with van der Waals surface area (Å²) in [4.78, 5) is 4.24. The summed E-state index contributed by atoms with van der Waals surface area (Å²) in [5.41, 5.74) is 7.51. The molecule has 0 saturated heterocycles. The van der Waals surface area contributed by atoms with Gasteiger partial charge in [-0.3, -0.25) is 0 Å². The second-order valence-electron chi connectivity index (χ2n) is 4.47. The number of nitrogens with two attached hydrogens (primary N) is 1. The van der Waals surface area contributed by atoms with E-state index in [4.69, 9.17) is 21.9 Å². The number of halogens is 2. The first-order valence-electron chi connectivity index (χ1n) is 6.24. The fourth-order valence-electron chi connectivity index (χ4n) is 1.92. The third-order valence-electron chi connectivity index (χ3n) is 3.04. The van der Waals surface area contributed by atoms with E-state index in [1.165, 1.54) is 18.2 Å². The van der Waals surface area contributed by atoms with Crippen molar-refractivity contribution < 1.29 is 8.91 Å². The van der Waals surface area contributed by atoms with Gasteiger partial charge in [0.1, 0.15) is 11.9 Å². The molecule has 2 N–H and O–H groups in total. The Morgan fingerprint density at radius 2 is 1.90 bits per heavy atom. The zero-order valence-corrected chi connectivity index (χ0v) is 11.6. The van der Waals surface area contributed by atoms with Crippen molar-refractivity contribution in [3.05, 3.63) is 70.8 Å². The summed E-state index contributed by atoms with van der Waals surface area (Å²) >= 11 is 5.74. The van der Waals surface area contributed by atoms with Gasteiger partial charge in [-0.05, 0) is 23.8 Å². The van der Waals surface area contributed by atoms with Crippen LogP contribution >= 0.6 is 11.6 Å². The molecule has 0 unspecified atom stereocenters. The molecule has 0 bridgehead atoms. The molecule has 0 saturated carbocycles. The molecule has 1 atom stereocenters. The predicted octanol–water partition coefficient (Wildman–Crippen LogP) is 3.58. The highest BCUT2D eigenvalue weighted by Crippen LogP contribution is 2.25. The zero-order chi connectivity index (χ0) is 14.8. The van der Waals surface area contributed by atoms with Crippen LogP contribution in [0.15, 0.2) is 53.1 Å². The highest BCUT2D eigenvalue weighted by Gasteiger charge is 2.17. The summed E-state index contributed by atoms with van der Waals surface area (Å²) in [7, 11) is 0. The molecule has 0 aliphatic rings. The molecule has 3 aromatic rings. The molecule has 0 fully saturated rings. The molecule has 6 heteroatoms. The number of hydrogen-bond acceptors (Lipinski definition) is 4. The molecule has 2 aromatic carbocycles. The normalized spacial score (nSPS) is 12.3. The Hall–Kier alpha value is -2.24. The van der Waals surface area contributed by atoms with Crippen LogP contribution in [0, 0.1) is 5.82 Å². The van der Waals surface area contributed by atoms with Gasteiger partial charge in [0.15, 0.2) is 0 Å². The molecule has 0 amide bonds. The van der Waals surface area contributed by atoms with E-state index in [0.717, 1.165) is 5.56 Å². The monoisotopic (exact) mass is 303 g/mol. The molecular formula is C15H11ClFN3O. The van der Waals surface area contributed by atoms with Gasteiger partial charge in [-0.1, -0.05) is 47.1 Å². The number of nitrogens with zero attached hydrogens (tertiary/aromatic N) is 2. The van der Waals surface area contributed by atoms with E-state index in [0.29, 0.717) is 11.4 Å². The molecule has 106 valence electrons. The molecule has 21 heavy (non-hydrogen) atoms. The quantitative estimate of drug-likeness (QED) is 0.803. The Labute approximate surface area is 125 Å². The highest BCUT2D eigenvalue weighted by molar-refractivity contribution is 6.31. The molecule has 0 spiro atoms. The summed E-state index contributed by atoms with van der Waals surface area (Å²) < 4.78 is 18.3. The molecule has 3 rings (SSSR count). The second-order valence-corrected chi connectivity index (χ2v) is 4.88. The third-order valence-corrected chi connectivity index (χ3v) is 3.33. The molecule has 0 aliphatic carbocycles. The fraction of sp³-hybridized carbons (Fsp3) is 0.0667. The van der Waals surface area contributed by atoms with Crippen molar-refractivity contribution in [2.75, 3.05) is 0 Å². The summed E-state index contributed by atoms with van der Waals surface area (Å²) in [5, 5.41) is 3.86. The van der Waals surface area contributed by atoms with Crippen molar-refractivity contribution in [3.63, 3.8) is 0 Å². The van der Waals surface area contributed by atoms with Crippen molar-refractivity contribution in [1.82, 2.24) is 10.1 Å². The maximum absolute atomic E-state index is 13.2. The van der Waals surface area contributed by atoms with E-state index < -0.39 is 11.9 Å². The van der Waals surface area contributed by atoms with Gasteiger partial charge in [0.2, 0.25) is 11.7 Å². The Morgan fingerprint density at radius 3 is 2.62 bits per heavy atom. The average Bonchev–Trinajstić information content (AvgIpc) is 3.00. The van der Waals surface area contributed by atoms with Crippen LogP contribution in [0.4, 0.5) is 4.39 Å². The topological polar surface area (TPSA) is 64.9 Å². The van der Waals surface area contributed by atoms with Gasteiger partial charge < -0.3 is 10.3 Å². The van der Waals surface area contributed by atoms with Gasteiger partial charge >= 0.3 is 0 Å². The second kappa shape index (κ2) is 5.63. The van der Waals surface area contributed by atoms with Crippen molar-refractivity contribution in [2.45, 2.75) is 6.04 Å². The Balaban J connectivity index is 1.91. The lowest BCUT2D eigenvalue weighted by molar-refractivity contribution is 0.367. The number of hydrogen-bond donors (Lipinski definition) is 1. The van der Waals surface area contributed by atoms with E-state index in [2.05, 4.69) is 10.1 Å². The first kappa shape index (κ1) is 13.7. The Bertz CT molecular complexity index is 761. The number of aromatic nitrogens is 2. The van der Waals surface area contributed by atoms with Gasteiger partial charge in [-0.2, -0.15) is 4.98 Å². The van der Waals surface area contributed by atoms with Crippen LogP contribution in [0.1, 0.15) is 17.5 Å². The Morgan fingerprint density at radius 1 is 1.14 bits per heavy atom. The van der Waals surface area contributed by atoms with Gasteiger partial charge in [-0.15, -0.1) is 0 Å². The van der Waals surface area contributed by atoms with Gasteiger partial charge in [0, 0.05) is 5.56 Å². The minimum Gasteiger partial charge on any atom is -0.337 e. The van der Waals surface area contributed by atoms with Gasteiger partial charge in [0.25, 0.3) is 0 Å². The zero-order valence-electron chi connectivity index (χ0n) is 10.8. The van der Waals surface area contributed by atoms with Crippen LogP contribution in [0.25, 0.3) is 11.4 Å². The SMILES string of the molecule is N[C@H](c1ccccc1)c1nc(-c2ccc(F)c(Cl)c2)no1. The highest BCUT2D eigenvalue weighted by atomic mass is 35.5. The lowest BCUT2D eigenvalue weighted by Gasteiger charge is -2.05. The minimum atomic E-state index is -0.511. The van der Waals surface area contributed by atoms with Crippen LogP contribution in [0.3, 0.4) is 0 Å². The van der Waals surface area contributed by atoms with E-state index in [1.807, 2.05) is 30.3 Å². The van der Waals surface area contributed by atoms with E-state index in [1.54, 1.807) is 0 Å². The maximum Gasteiger partial charge on any atom is 0.248 e. The van der Waals surface area contributed by atoms with Crippen molar-refractivity contribution in [3.8, 4) is 11.4 Å². The van der Waals surface area contributed by atoms with E-state index in [-0.39, 0.29) is 10.9 Å². The molecule has 1 aromatic heterocycles. The molecular weight excluding hydrogens is 293 g/mol. The van der Waals surface area contributed by atoms with Gasteiger partial charge in [-0.25, -0.2) is 4.39 Å². The van der Waals surface area contributed by atoms with Crippen LogP contribution in [-0.4, -0.2) is 10.1 Å². The third kappa shape index (κ3) is 2.79. The van der Waals surface area contributed by atoms with Crippen molar-refractivity contribution in [2.24, 2.45) is 5.73 Å². The van der Waals surface area contributed by atoms with Crippen LogP contribution < -0.4 is 5.73 Å². The average molecular weight is 304 g/mol. The molecule has 1 heterocycles. The molecule has 0 radical (unpaired) electrons. The number of benzene rings is 2. The van der Waals surface area contributed by atoms with E-state index >= 15 is 0 Å². The first-order chi connectivity index (χ1) is 10.1. The smallest absolute Gasteiger partial charge is 0.248 e. The maximum atomic E-state index is 13.2. The molecule has 0 aliphatic heterocycles. The summed E-state index contributed by atoms with van der Waals surface area (Å²) in [6, 6.07) is 13.1. The van der Waals surface area contributed by atoms with Crippen LogP contribution in [0.5, 0.6) is 0 Å². The van der Waals surface area contributed by atoms with Crippen LogP contribution in [-0.2, 0) is 0 Å². The summed E-state index contributed by atoms with van der Waals surface area (Å²) in [5.74, 6) is 0.111. The predicted molar refractivity (Wildman–Crippen MR) is 77.2 cm³/mol. The molecule has 4 nitrogen and oxygen atoms in total. The lowest BCUT2D eigenvalue weighted by atomic mass is 10.1. The standard InChI is InChI=1S/C15H11ClFN3O/c16-11-8-10(6-7-12(11)17)14-19-15(21-20-14)13(18)9-4-2-1-3-5-9/h1-8,13H,18H2/t13-/m1/s1. The summed E-state index contributed by atoms with van der Waals surface area (Å²) in [6.07, 6.45) is 0. The minimum absolute atomic E-state index is 0.00575. The lowest BCUT2D eigenvalue weighted by Crippen LogP contribution is -2.11. The number of rotatable bonds is 3. The van der Waals surface area contributed by atoms with Crippen molar-refractivity contribution in [1.29, 1.82) is 0 Å². The Kier molecular flexibility index (Phi) is 3.68. The van der Waals surface area contributed by atoms with Crippen molar-refractivity contribution >= 4 is 11.6 Å². The van der Waals surface area contributed by atoms with Gasteiger partial charge in [0.05, 0.1) is 5.02 Å². The van der Waals surface area contributed by atoms with E-state index in [9.17, 15) is 4.39 Å².